The third kappa shape index (κ3) is 5.94. The van der Waals surface area contributed by atoms with Crippen LogP contribution in [-0.2, 0) is 0 Å². The second-order valence-corrected chi connectivity index (χ2v) is 6.02. The smallest absolute Gasteiger partial charge is 0.494 e. The fourth-order valence-electron chi connectivity index (χ4n) is 1.39. The number of hydrogen-bond donors (Lipinski definition) is 0. The van der Waals surface area contributed by atoms with E-state index < -0.39 is 19.3 Å². The van der Waals surface area contributed by atoms with E-state index in [4.69, 9.17) is 13.8 Å². The van der Waals surface area contributed by atoms with E-state index >= 15 is 0 Å². The number of hydrogen-bond acceptors (Lipinski definition) is 2. The van der Waals surface area contributed by atoms with Gasteiger partial charge >= 0.3 is 19.3 Å². The largest absolute Gasteiger partial charge is 0.538 e. The molecule has 2 nitrogen and oxygen atoms in total. The minimum atomic E-state index is -0.550. The highest BCUT2D eigenvalue weighted by Gasteiger charge is 1.97. The van der Waals surface area contributed by atoms with E-state index in [-0.39, 0.29) is 0 Å². The summed E-state index contributed by atoms with van der Waals surface area (Å²) in [4.78, 5) is 2.19. The lowest BCUT2D eigenvalue weighted by Gasteiger charge is -2.10. The van der Waals surface area contributed by atoms with Crippen LogP contribution >= 0.6 is 9.07 Å². The molecule has 0 N–H and O–H groups in total. The van der Waals surface area contributed by atoms with Gasteiger partial charge in [-0.15, -0.1) is 3.69 Å². The first-order valence-corrected chi connectivity index (χ1v) is 8.49. The van der Waals surface area contributed by atoms with Gasteiger partial charge in [-0.3, -0.25) is 0 Å². The predicted octanol–water partition coefficient (Wildman–Crippen LogP) is 1.89. The zero-order valence-corrected chi connectivity index (χ0v) is 12.2. The molecule has 0 aliphatic rings. The summed E-state index contributed by atoms with van der Waals surface area (Å²) in [5.74, 6) is 0.952. The predicted molar refractivity (Wildman–Crippen MR) is 71.0 cm³/mol. The van der Waals surface area contributed by atoms with Gasteiger partial charge in [-0.05, 0) is 45.6 Å². The maximum absolute atomic E-state index is 5.85. The van der Waals surface area contributed by atoms with Crippen molar-refractivity contribution in [3.8, 4) is 5.75 Å². The number of nitrogens with zero attached hydrogens (tertiary/aromatic N) is 1. The Morgan fingerprint density at radius 3 is 2.44 bits per heavy atom. The Kier molecular flexibility index (Phi) is 7.20. The quantitative estimate of drug-likeness (QED) is 0.542. The molecule has 0 aromatic heterocycles. The molecule has 0 spiro atoms. The fourth-order valence-corrected chi connectivity index (χ4v) is 2.34. The van der Waals surface area contributed by atoms with Crippen molar-refractivity contribution in [3.63, 3.8) is 0 Å². The van der Waals surface area contributed by atoms with Gasteiger partial charge in [-0.2, -0.15) is 0 Å². The molecule has 4 heteroatoms. The number of benzene rings is 1. The van der Waals surface area contributed by atoms with Gasteiger partial charge < -0.3 is 18.7 Å². The average molecular weight is 252 g/mol. The van der Waals surface area contributed by atoms with Gasteiger partial charge in [0.2, 0.25) is 0 Å². The highest BCUT2D eigenvalue weighted by molar-refractivity contribution is 7.01. The molecule has 0 heterocycles. The average Bonchev–Trinajstić information content (AvgIpc) is 2.29. The first kappa shape index (κ1) is 14.1. The van der Waals surface area contributed by atoms with Crippen molar-refractivity contribution < 1.29 is 4.74 Å². The minimum Gasteiger partial charge on any atom is -0.494 e. The summed E-state index contributed by atoms with van der Waals surface area (Å²) in [6, 6.07) is 8.15. The third-order valence-electron chi connectivity index (χ3n) is 2.35. The first-order chi connectivity index (χ1) is 7.72. The molecule has 0 bridgehead atoms. The van der Waals surface area contributed by atoms with Gasteiger partial charge in [0.15, 0.2) is 0 Å². The Hall–Kier alpha value is 0.0362. The van der Waals surface area contributed by atoms with E-state index in [0.29, 0.717) is 0 Å². The van der Waals surface area contributed by atoms with Crippen molar-refractivity contribution in [1.29, 1.82) is 0 Å². The van der Waals surface area contributed by atoms with Crippen LogP contribution in [-0.4, -0.2) is 51.4 Å². The summed E-state index contributed by atoms with van der Waals surface area (Å²) in [6.45, 7) is 1.92. The van der Waals surface area contributed by atoms with E-state index in [1.165, 1.54) is 10.1 Å². The van der Waals surface area contributed by atoms with Crippen molar-refractivity contribution in [1.82, 2.24) is 4.90 Å². The Morgan fingerprint density at radius 1 is 1.19 bits per heavy atom. The van der Waals surface area contributed by atoms with Crippen molar-refractivity contribution in [3.05, 3.63) is 24.3 Å². The highest BCUT2D eigenvalue weighted by atomic mass is 35.5. The Balaban J connectivity index is 2.16. The number of ether oxygens (including phenoxy) is 1. The molecule has 1 aromatic rings. The summed E-state index contributed by atoms with van der Waals surface area (Å²) in [7, 11) is 10.0. The minimum absolute atomic E-state index is 0.550. The fraction of sp³-hybridized carbons (Fsp3) is 0.500. The molecule has 16 heavy (non-hydrogen) atoms. The number of rotatable bonds is 7. The van der Waals surface area contributed by atoms with Gasteiger partial charge in [-0.1, -0.05) is 12.1 Å². The van der Waals surface area contributed by atoms with Crippen LogP contribution in [0.3, 0.4) is 0 Å². The Labute approximate surface area is 111 Å². The number of unbranched alkanes of at least 4 members (excludes halogenated alkanes) is 1. The van der Waals surface area contributed by atoms with E-state index in [1.807, 2.05) is 12.1 Å². The van der Waals surface area contributed by atoms with Crippen LogP contribution in [0.15, 0.2) is 24.3 Å². The Bertz CT molecular complexity index is 290. The monoisotopic (exact) mass is 251 g/mol. The lowest BCUT2D eigenvalue weighted by Crippen LogP contribution is -2.13. The standard InChI is InChI=1S/C12H18NO.ClH.Mg/c1-13(2)10-6-7-11-14-12-8-4-3-5-9-12;;/h4-5,8-9H,6-7,10-11H2,1-2H3;1H;/q;;+1/p-1. The Morgan fingerprint density at radius 2 is 1.88 bits per heavy atom. The lowest BCUT2D eigenvalue weighted by atomic mass is 10.3. The van der Waals surface area contributed by atoms with Gasteiger partial charge in [0, 0.05) is 0 Å². The molecule has 0 atom stereocenters. The molecule has 0 saturated carbocycles. The van der Waals surface area contributed by atoms with Crippen LogP contribution in [0.2, 0.25) is 0 Å². The van der Waals surface area contributed by atoms with Crippen molar-refractivity contribution in [2.75, 3.05) is 27.2 Å². The van der Waals surface area contributed by atoms with Crippen molar-refractivity contribution >= 4 is 32.0 Å². The zero-order valence-electron chi connectivity index (χ0n) is 10.1. The summed E-state index contributed by atoms with van der Waals surface area (Å²) in [5.41, 5.74) is 0. The molecule has 0 unspecified atom stereocenters. The van der Waals surface area contributed by atoms with E-state index in [9.17, 15) is 0 Å². The second-order valence-electron chi connectivity index (χ2n) is 4.14. The molecule has 86 valence electrons. The topological polar surface area (TPSA) is 12.5 Å². The molecule has 0 aliphatic carbocycles. The molecule has 0 fully saturated rings. The molecular weight excluding hydrogens is 234 g/mol. The molecule has 1 rings (SSSR count). The molecule has 0 radical (unpaired) electrons. The van der Waals surface area contributed by atoms with E-state index in [0.717, 1.165) is 25.3 Å². The van der Waals surface area contributed by atoms with Crippen LogP contribution in [0, 0.1) is 0 Å². The summed E-state index contributed by atoms with van der Waals surface area (Å²) < 4.78 is 6.91. The molecule has 0 amide bonds. The first-order valence-electron chi connectivity index (χ1n) is 5.65. The van der Waals surface area contributed by atoms with Crippen LogP contribution in [0.1, 0.15) is 12.8 Å². The molecule has 1 aromatic carbocycles. The molecule has 0 saturated heterocycles. The van der Waals surface area contributed by atoms with Gasteiger partial charge in [0.1, 0.15) is 5.75 Å². The van der Waals surface area contributed by atoms with Crippen LogP contribution in [0.5, 0.6) is 5.75 Å². The van der Waals surface area contributed by atoms with Crippen LogP contribution in [0.4, 0.5) is 0 Å². The normalized spacial score (nSPS) is 10.2. The third-order valence-corrected chi connectivity index (χ3v) is 4.05. The number of halogens is 1. The van der Waals surface area contributed by atoms with Crippen molar-refractivity contribution in [2.45, 2.75) is 12.8 Å². The maximum atomic E-state index is 5.85. The van der Waals surface area contributed by atoms with Gasteiger partial charge in [-0.25, -0.2) is 0 Å². The van der Waals surface area contributed by atoms with Gasteiger partial charge in [0.05, 0.1) is 6.61 Å². The highest BCUT2D eigenvalue weighted by Crippen LogP contribution is 2.08. The summed E-state index contributed by atoms with van der Waals surface area (Å²) in [5, 5.41) is 0. The summed E-state index contributed by atoms with van der Waals surface area (Å²) >= 11 is -0.550. The van der Waals surface area contributed by atoms with Gasteiger partial charge in [0.25, 0.3) is 0 Å². The zero-order chi connectivity index (χ0) is 11.8. The second kappa shape index (κ2) is 8.17. The molecule has 0 aliphatic heterocycles. The van der Waals surface area contributed by atoms with Crippen molar-refractivity contribution in [2.24, 2.45) is 0 Å². The SMILES string of the molecule is CN(C)CCCCOc1cc[c]([Mg][Cl])cc1. The molecular formula is C12H18ClMgNO. The maximum Gasteiger partial charge on any atom is 0.538 e. The summed E-state index contributed by atoms with van der Waals surface area (Å²) in [6.07, 6.45) is 2.28. The van der Waals surface area contributed by atoms with E-state index in [2.05, 4.69) is 31.1 Å². The lowest BCUT2D eigenvalue weighted by molar-refractivity contribution is 0.293. The van der Waals surface area contributed by atoms with E-state index in [1.54, 1.807) is 0 Å². The van der Waals surface area contributed by atoms with Crippen LogP contribution < -0.4 is 8.43 Å². The van der Waals surface area contributed by atoms with Crippen LogP contribution in [0.25, 0.3) is 0 Å².